The van der Waals surface area contributed by atoms with Crippen LogP contribution in [0.2, 0.25) is 25.1 Å². The maximum absolute atomic E-state index is 5.66. The molecule has 0 amide bonds. The fourth-order valence-electron chi connectivity index (χ4n) is 0.544. The van der Waals surface area contributed by atoms with Crippen LogP contribution < -0.4 is 0 Å². The summed E-state index contributed by atoms with van der Waals surface area (Å²) in [6.07, 6.45) is 0. The van der Waals surface area contributed by atoms with Crippen LogP contribution in [0.25, 0.3) is 0 Å². The van der Waals surface area contributed by atoms with E-state index in [-0.39, 0.29) is 19.8 Å². The Bertz CT molecular complexity index is 272. The van der Waals surface area contributed by atoms with Crippen molar-refractivity contribution in [1.29, 1.82) is 0 Å². The average Bonchev–Trinajstić information content (AvgIpc) is 1.97. The first-order valence-corrected chi connectivity index (χ1v) is 4.41. The largest absolute Gasteiger partial charge is 0.269 e. The van der Waals surface area contributed by atoms with Crippen LogP contribution in [0.4, 0.5) is 4.70 Å². The summed E-state index contributed by atoms with van der Waals surface area (Å²) in [6.45, 7) is 0. The van der Waals surface area contributed by atoms with Crippen molar-refractivity contribution < 1.29 is 4.70 Å². The van der Waals surface area contributed by atoms with Crippen molar-refractivity contribution in [2.45, 2.75) is 0 Å². The molecule has 0 aliphatic carbocycles. The van der Waals surface area contributed by atoms with Crippen LogP contribution in [0, 0.1) is 0 Å². The first kappa shape index (κ1) is 12.6. The van der Waals surface area contributed by atoms with Crippen LogP contribution in [0.1, 0.15) is 0 Å². The maximum Gasteiger partial charge on any atom is 0.0808 e. The molecule has 0 bridgehead atoms. The lowest BCUT2D eigenvalue weighted by Gasteiger charge is -2.02. The Balaban J connectivity index is 0.00000121. The number of benzene rings is 1. The van der Waals surface area contributed by atoms with E-state index < -0.39 is 0 Å². The lowest BCUT2D eigenvalue weighted by Crippen LogP contribution is -1.75. The highest BCUT2D eigenvalue weighted by molar-refractivity contribution is 6.54. The lowest BCUT2D eigenvalue weighted by atomic mass is 10.3. The summed E-state index contributed by atoms with van der Waals surface area (Å²) in [6, 6.07) is 1.44. The molecule has 0 saturated heterocycles. The van der Waals surface area contributed by atoms with Gasteiger partial charge in [-0.25, -0.2) is 0 Å². The summed E-state index contributed by atoms with van der Waals surface area (Å²) in [5.41, 5.74) is 0. The average molecular weight is 270 g/mol. The quantitative estimate of drug-likeness (QED) is 0.454. The van der Waals surface area contributed by atoms with E-state index in [1.807, 2.05) is 0 Å². The number of hydrogen-bond donors (Lipinski definition) is 0. The van der Waals surface area contributed by atoms with Gasteiger partial charge in [0.1, 0.15) is 0 Å². The van der Waals surface area contributed by atoms with Crippen molar-refractivity contribution in [2.24, 2.45) is 0 Å². The summed E-state index contributed by atoms with van der Waals surface area (Å²) in [5, 5.41) is 1.23. The van der Waals surface area contributed by atoms with Crippen molar-refractivity contribution in [3.8, 4) is 0 Å². The zero-order valence-corrected chi connectivity index (χ0v) is 9.16. The summed E-state index contributed by atoms with van der Waals surface area (Å²) < 4.78 is 0. The molecule has 0 unspecified atom stereocenters. The second kappa shape index (κ2) is 4.73. The van der Waals surface area contributed by atoms with Crippen LogP contribution in [0.15, 0.2) is 6.07 Å². The van der Waals surface area contributed by atoms with Crippen molar-refractivity contribution in [3.63, 3.8) is 0 Å². The Morgan fingerprint density at radius 2 is 1.00 bits per heavy atom. The van der Waals surface area contributed by atoms with Gasteiger partial charge in [0.15, 0.2) is 0 Å². The van der Waals surface area contributed by atoms with Crippen molar-refractivity contribution in [3.05, 3.63) is 31.2 Å². The Morgan fingerprint density at radius 3 is 1.33 bits per heavy atom. The molecule has 0 N–H and O–H groups in total. The molecule has 0 heterocycles. The van der Waals surface area contributed by atoms with Crippen molar-refractivity contribution in [1.82, 2.24) is 0 Å². The first-order chi connectivity index (χ1) is 5.04. The number of halogens is 6. The van der Waals surface area contributed by atoms with Gasteiger partial charge in [-0.15, -0.1) is 0 Å². The van der Waals surface area contributed by atoms with Gasteiger partial charge in [-0.3, -0.25) is 4.70 Å². The van der Waals surface area contributed by atoms with E-state index in [1.165, 1.54) is 6.07 Å². The first-order valence-electron chi connectivity index (χ1n) is 2.52. The number of hydrogen-bond acceptors (Lipinski definition) is 0. The third-order valence-electron chi connectivity index (χ3n) is 1.06. The topological polar surface area (TPSA) is 0 Å². The van der Waals surface area contributed by atoms with Crippen LogP contribution in [0.5, 0.6) is 0 Å². The zero-order chi connectivity index (χ0) is 8.59. The minimum absolute atomic E-state index is 0. The fraction of sp³-hybridized carbons (Fsp3) is 0. The molecule has 12 heavy (non-hydrogen) atoms. The summed E-state index contributed by atoms with van der Waals surface area (Å²) in [5.74, 6) is 0. The van der Waals surface area contributed by atoms with Gasteiger partial charge >= 0.3 is 0 Å². The highest BCUT2D eigenvalue weighted by atomic mass is 35.5. The van der Waals surface area contributed by atoms with Gasteiger partial charge in [0.05, 0.1) is 25.1 Å². The Kier molecular flexibility index (Phi) is 4.97. The highest BCUT2D eigenvalue weighted by Crippen LogP contribution is 2.40. The molecule has 0 atom stereocenters. The summed E-state index contributed by atoms with van der Waals surface area (Å²) >= 11 is 28.2. The van der Waals surface area contributed by atoms with Crippen LogP contribution in [0.3, 0.4) is 0 Å². The standard InChI is InChI=1S/C6HCl5.FH/c7-2-1-3(8)5(10)6(11)4(2)9;/h1H;1H. The second-order valence-electron chi connectivity index (χ2n) is 1.78. The predicted octanol–water partition coefficient (Wildman–Crippen LogP) is 5.11. The zero-order valence-electron chi connectivity index (χ0n) is 5.38. The van der Waals surface area contributed by atoms with E-state index in [1.54, 1.807) is 0 Å². The van der Waals surface area contributed by atoms with E-state index in [0.29, 0.717) is 10.0 Å². The molecule has 0 aliphatic heterocycles. The molecule has 0 aromatic heterocycles. The van der Waals surface area contributed by atoms with Gasteiger partial charge in [0.25, 0.3) is 0 Å². The smallest absolute Gasteiger partial charge is 0.0808 e. The molecule has 6 heteroatoms. The predicted molar refractivity (Wildman–Crippen MR) is 54.0 cm³/mol. The summed E-state index contributed by atoms with van der Waals surface area (Å²) in [7, 11) is 0. The van der Waals surface area contributed by atoms with E-state index in [0.717, 1.165) is 0 Å². The minimum atomic E-state index is 0. The third kappa shape index (κ3) is 2.30. The monoisotopic (exact) mass is 268 g/mol. The lowest BCUT2D eigenvalue weighted by molar-refractivity contribution is 1.11. The number of rotatable bonds is 0. The molecular formula is C6H2Cl5F. The molecule has 0 fully saturated rings. The third-order valence-corrected chi connectivity index (χ3v) is 3.20. The molecule has 0 aliphatic rings. The molecule has 0 spiro atoms. The Hall–Kier alpha value is 0.600. The molecule has 0 radical (unpaired) electrons. The van der Waals surface area contributed by atoms with Crippen LogP contribution >= 0.6 is 58.0 Å². The SMILES string of the molecule is Clc1cc(Cl)c(Cl)c(Cl)c1Cl.F. The molecule has 0 saturated carbocycles. The summed E-state index contributed by atoms with van der Waals surface area (Å²) in [4.78, 5) is 0. The van der Waals surface area contributed by atoms with Gasteiger partial charge in [-0.1, -0.05) is 58.0 Å². The maximum atomic E-state index is 5.66. The van der Waals surface area contributed by atoms with Gasteiger partial charge in [-0.2, -0.15) is 0 Å². The van der Waals surface area contributed by atoms with Gasteiger partial charge in [-0.05, 0) is 6.07 Å². The molecule has 1 aromatic rings. The van der Waals surface area contributed by atoms with Crippen LogP contribution in [-0.4, -0.2) is 0 Å². The van der Waals surface area contributed by atoms with Gasteiger partial charge in [0.2, 0.25) is 0 Å². The molecule has 0 nitrogen and oxygen atoms in total. The molecule has 68 valence electrons. The van der Waals surface area contributed by atoms with E-state index in [9.17, 15) is 0 Å². The second-order valence-corrected chi connectivity index (χ2v) is 3.73. The normalized spacial score (nSPS) is 9.42. The van der Waals surface area contributed by atoms with E-state index >= 15 is 0 Å². The van der Waals surface area contributed by atoms with Crippen molar-refractivity contribution >= 4 is 58.0 Å². The highest BCUT2D eigenvalue weighted by Gasteiger charge is 2.10. The fourth-order valence-corrected chi connectivity index (χ4v) is 1.65. The molecular weight excluding hydrogens is 268 g/mol. The van der Waals surface area contributed by atoms with E-state index in [2.05, 4.69) is 0 Å². The van der Waals surface area contributed by atoms with Gasteiger partial charge < -0.3 is 0 Å². The van der Waals surface area contributed by atoms with Gasteiger partial charge in [0, 0.05) is 0 Å². The Labute approximate surface area is 93.7 Å². The van der Waals surface area contributed by atoms with Crippen LogP contribution in [-0.2, 0) is 0 Å². The van der Waals surface area contributed by atoms with E-state index in [4.69, 9.17) is 58.0 Å². The minimum Gasteiger partial charge on any atom is -0.269 e. The van der Waals surface area contributed by atoms with Crippen molar-refractivity contribution in [2.75, 3.05) is 0 Å². The molecule has 1 rings (SSSR count). The molecule has 1 aromatic carbocycles. The Morgan fingerprint density at radius 1 is 0.667 bits per heavy atom.